The molecule has 0 aliphatic heterocycles. The lowest BCUT2D eigenvalue weighted by atomic mass is 9.86. The average Bonchev–Trinajstić information content (AvgIpc) is 2.80. The van der Waals surface area contributed by atoms with Crippen molar-refractivity contribution >= 4 is 38.6 Å². The number of ether oxygens (including phenoxy) is 1. The quantitative estimate of drug-likeness (QED) is 0.314. The Balaban J connectivity index is 0.00000361. The van der Waals surface area contributed by atoms with Crippen LogP contribution < -0.4 is 20.3 Å². The summed E-state index contributed by atoms with van der Waals surface area (Å²) in [6.07, 6.45) is -0.708. The highest BCUT2D eigenvalue weighted by Crippen LogP contribution is 2.31. The van der Waals surface area contributed by atoms with Gasteiger partial charge in [-0.15, -0.1) is 13.2 Å². The zero-order valence-electron chi connectivity index (χ0n) is 19.7. The third-order valence-corrected chi connectivity index (χ3v) is 6.68. The number of alkyl halides is 3. The van der Waals surface area contributed by atoms with Crippen LogP contribution in [0.15, 0.2) is 46.9 Å². The van der Waals surface area contributed by atoms with E-state index in [0.29, 0.717) is 34.5 Å². The number of hydrogen-bond donors (Lipinski definition) is 2. The lowest BCUT2D eigenvalue weighted by Gasteiger charge is -2.29. The van der Waals surface area contributed by atoms with E-state index in [2.05, 4.69) is 31.3 Å². The average molecular weight is 568 g/mol. The van der Waals surface area contributed by atoms with Crippen molar-refractivity contribution in [1.82, 2.24) is 15.3 Å². The molecule has 1 fully saturated rings. The van der Waals surface area contributed by atoms with Crippen LogP contribution in [-0.2, 0) is 6.54 Å². The molecule has 1 aromatic heterocycles. The fraction of sp³-hybridized carbons (Fsp3) is 0.462. The minimum atomic E-state index is -4.72. The molecule has 1 aliphatic rings. The highest BCUT2D eigenvalue weighted by Gasteiger charge is 2.32. The molecule has 2 aromatic carbocycles. The number of nitrogens with zero attached hydrogens (tertiary/aromatic N) is 3. The third-order valence-electron chi connectivity index (χ3n) is 6.19. The Morgan fingerprint density at radius 2 is 1.78 bits per heavy atom. The van der Waals surface area contributed by atoms with Gasteiger partial charge in [-0.25, -0.2) is 4.98 Å². The van der Waals surface area contributed by atoms with Crippen molar-refractivity contribution in [3.05, 3.63) is 52.5 Å². The predicted molar refractivity (Wildman–Crippen MR) is 142 cm³/mol. The van der Waals surface area contributed by atoms with E-state index in [-0.39, 0.29) is 13.2 Å². The lowest BCUT2D eigenvalue weighted by molar-refractivity contribution is -0.274. The monoisotopic (exact) mass is 567 g/mol. The molecule has 1 saturated carbocycles. The van der Waals surface area contributed by atoms with E-state index in [0.717, 1.165) is 48.9 Å². The maximum Gasteiger partial charge on any atom is 0.573 e. The van der Waals surface area contributed by atoms with Crippen LogP contribution >= 0.6 is 15.9 Å². The smallest absolute Gasteiger partial charge is 0.405 e. The summed E-state index contributed by atoms with van der Waals surface area (Å²) in [5, 5.41) is 7.84. The summed E-state index contributed by atoms with van der Waals surface area (Å²) in [6.45, 7) is 1.06. The Kier molecular flexibility index (Phi) is 9.41. The Hall–Kier alpha value is -2.59. The second-order valence-corrected chi connectivity index (χ2v) is 9.99. The first-order valence-electron chi connectivity index (χ1n) is 11.6. The molecule has 0 atom stereocenters. The van der Waals surface area contributed by atoms with E-state index in [1.165, 1.54) is 6.07 Å². The number of para-hydroxylation sites is 1. The van der Waals surface area contributed by atoms with Gasteiger partial charge in [0.25, 0.3) is 0 Å². The number of hydrogen-bond acceptors (Lipinski definition) is 6. The third kappa shape index (κ3) is 7.46. The highest BCUT2D eigenvalue weighted by molar-refractivity contribution is 9.10. The van der Waals surface area contributed by atoms with Crippen molar-refractivity contribution in [1.29, 1.82) is 0 Å². The molecule has 196 valence electrons. The van der Waals surface area contributed by atoms with Crippen molar-refractivity contribution < 1.29 is 17.9 Å². The van der Waals surface area contributed by atoms with Gasteiger partial charge in [-0.1, -0.05) is 41.6 Å². The van der Waals surface area contributed by atoms with Crippen LogP contribution in [0.3, 0.4) is 0 Å². The van der Waals surface area contributed by atoms with Crippen molar-refractivity contribution in [3.63, 3.8) is 0 Å². The van der Waals surface area contributed by atoms with Gasteiger partial charge in [-0.05, 0) is 62.4 Å². The molecule has 0 unspecified atom stereocenters. The molecule has 3 aromatic rings. The van der Waals surface area contributed by atoms with Crippen molar-refractivity contribution in [3.8, 4) is 5.75 Å². The molecular weight excluding hydrogens is 535 g/mol. The van der Waals surface area contributed by atoms with E-state index in [1.807, 2.05) is 43.3 Å². The lowest BCUT2D eigenvalue weighted by Crippen LogP contribution is -2.32. The summed E-state index contributed by atoms with van der Waals surface area (Å²) < 4.78 is 42.9. The van der Waals surface area contributed by atoms with E-state index >= 15 is 0 Å². The van der Waals surface area contributed by atoms with Crippen LogP contribution in [0.4, 0.5) is 24.9 Å². The highest BCUT2D eigenvalue weighted by atomic mass is 79.9. The van der Waals surface area contributed by atoms with E-state index < -0.39 is 6.36 Å². The molecule has 6 nitrogen and oxygen atoms in total. The Bertz CT molecular complexity index is 1150. The number of benzene rings is 2. The molecule has 0 saturated heterocycles. The van der Waals surface area contributed by atoms with Crippen LogP contribution in [-0.4, -0.2) is 43.0 Å². The van der Waals surface area contributed by atoms with E-state index in [9.17, 15) is 13.2 Å². The normalized spacial score (nSPS) is 17.9. The molecule has 0 amide bonds. The fourth-order valence-corrected chi connectivity index (χ4v) is 4.80. The molecule has 4 rings (SSSR count). The van der Waals surface area contributed by atoms with Crippen LogP contribution in [0.25, 0.3) is 10.9 Å². The zero-order valence-corrected chi connectivity index (χ0v) is 21.3. The second kappa shape index (κ2) is 12.1. The standard InChI is InChI=1S/C25H29BrF3N5O.CH4/c1-34(2)23-20-5-3-4-6-21(20)32-24(33-23)31-19-11-7-16(8-12-19)14-30-15-17-9-10-18(26)13-22(17)35-25(27,28)29;/h3-6,9-10,13,16,19,30H,7-8,11-12,14-15H2,1-2H3,(H,31,32,33);1H4. The summed E-state index contributed by atoms with van der Waals surface area (Å²) in [7, 11) is 3.95. The van der Waals surface area contributed by atoms with E-state index in [4.69, 9.17) is 9.97 Å². The number of halogens is 4. The van der Waals surface area contributed by atoms with Gasteiger partial charge in [0.15, 0.2) is 0 Å². The SMILES string of the molecule is C.CN(C)c1nc(NC2CCC(CNCc3ccc(Br)cc3OC(F)(F)F)CC2)nc2ccccc12. The van der Waals surface area contributed by atoms with Crippen molar-refractivity contribution in [2.45, 2.75) is 52.1 Å². The Labute approximate surface area is 218 Å². The van der Waals surface area contributed by atoms with E-state index in [1.54, 1.807) is 12.1 Å². The zero-order chi connectivity index (χ0) is 25.0. The maximum atomic E-state index is 12.7. The summed E-state index contributed by atoms with van der Waals surface area (Å²) >= 11 is 3.20. The molecule has 0 spiro atoms. The molecule has 10 heteroatoms. The predicted octanol–water partition coefficient (Wildman–Crippen LogP) is 6.75. The molecule has 1 aliphatic carbocycles. The van der Waals surface area contributed by atoms with Gasteiger partial charge in [0, 0.05) is 42.1 Å². The summed E-state index contributed by atoms with van der Waals surface area (Å²) in [6, 6.07) is 13.0. The van der Waals surface area contributed by atoms with Crippen molar-refractivity contribution in [2.75, 3.05) is 30.9 Å². The minimum absolute atomic E-state index is 0. The topological polar surface area (TPSA) is 62.3 Å². The molecule has 2 N–H and O–H groups in total. The number of anilines is 2. The first-order valence-corrected chi connectivity index (χ1v) is 12.4. The van der Waals surface area contributed by atoms with Gasteiger partial charge in [0.1, 0.15) is 11.6 Å². The van der Waals surface area contributed by atoms with Crippen LogP contribution in [0.2, 0.25) is 0 Å². The number of aromatic nitrogens is 2. The second-order valence-electron chi connectivity index (χ2n) is 9.08. The van der Waals surface area contributed by atoms with Gasteiger partial charge >= 0.3 is 6.36 Å². The fourth-order valence-electron chi connectivity index (χ4n) is 4.46. The molecular formula is C26H33BrF3N5O. The molecule has 36 heavy (non-hydrogen) atoms. The summed E-state index contributed by atoms with van der Waals surface area (Å²) in [5.74, 6) is 1.81. The summed E-state index contributed by atoms with van der Waals surface area (Å²) in [5.41, 5.74) is 1.39. The molecule has 0 radical (unpaired) electrons. The number of nitrogens with one attached hydrogen (secondary N) is 2. The molecule has 1 heterocycles. The molecule has 0 bridgehead atoms. The number of rotatable bonds is 8. The van der Waals surface area contributed by atoms with Crippen LogP contribution in [0.1, 0.15) is 38.7 Å². The largest absolute Gasteiger partial charge is 0.573 e. The van der Waals surface area contributed by atoms with Crippen molar-refractivity contribution in [2.24, 2.45) is 5.92 Å². The number of fused-ring (bicyclic) bond motifs is 1. The maximum absolute atomic E-state index is 12.7. The first-order chi connectivity index (χ1) is 16.7. The van der Waals surface area contributed by atoms with Crippen LogP contribution in [0.5, 0.6) is 5.75 Å². The van der Waals surface area contributed by atoms with Gasteiger partial charge in [-0.2, -0.15) is 4.98 Å². The van der Waals surface area contributed by atoms with Gasteiger partial charge in [0.2, 0.25) is 5.95 Å². The Morgan fingerprint density at radius 1 is 1.06 bits per heavy atom. The van der Waals surface area contributed by atoms with Crippen LogP contribution in [0, 0.1) is 5.92 Å². The summed E-state index contributed by atoms with van der Waals surface area (Å²) in [4.78, 5) is 11.4. The minimum Gasteiger partial charge on any atom is -0.405 e. The first kappa shape index (κ1) is 28.0. The Morgan fingerprint density at radius 3 is 2.47 bits per heavy atom. The van der Waals surface area contributed by atoms with Gasteiger partial charge in [0.05, 0.1) is 5.52 Å². The van der Waals surface area contributed by atoms with Gasteiger partial charge < -0.3 is 20.3 Å². The van der Waals surface area contributed by atoms with Gasteiger partial charge in [-0.3, -0.25) is 0 Å².